The van der Waals surface area contributed by atoms with Crippen molar-refractivity contribution in [3.05, 3.63) is 65.2 Å². The Labute approximate surface area is 159 Å². The molecule has 6 heteroatoms. The lowest BCUT2D eigenvalue weighted by Crippen LogP contribution is -2.41. The van der Waals surface area contributed by atoms with E-state index in [2.05, 4.69) is 10.6 Å². The number of carbonyl (C=O) groups is 2. The predicted octanol–water partition coefficient (Wildman–Crippen LogP) is 3.14. The van der Waals surface area contributed by atoms with E-state index in [0.29, 0.717) is 29.3 Å². The molecule has 1 aliphatic carbocycles. The van der Waals surface area contributed by atoms with Crippen LogP contribution in [-0.2, 0) is 0 Å². The monoisotopic (exact) mass is 373 g/mol. The van der Waals surface area contributed by atoms with Gasteiger partial charge in [0.1, 0.15) is 0 Å². The van der Waals surface area contributed by atoms with Gasteiger partial charge in [-0.3, -0.25) is 9.59 Å². The molecule has 0 saturated heterocycles. The first kappa shape index (κ1) is 19.9. The van der Waals surface area contributed by atoms with Gasteiger partial charge in [-0.1, -0.05) is 24.3 Å². The standard InChI is InChI=1S/C20H23N3O2.ClH/c1-13-7-8-16(20(25)23-18(12-21)14-9-10-14)11-17(13)22-19(24)15-5-3-2-4-6-15;/h2-8,11,14,18H,9-10,12,21H2,1H3,(H,22,24)(H,23,25);1H. The van der Waals surface area contributed by atoms with E-state index in [-0.39, 0.29) is 30.3 Å². The van der Waals surface area contributed by atoms with Crippen molar-refractivity contribution in [2.24, 2.45) is 11.7 Å². The van der Waals surface area contributed by atoms with Gasteiger partial charge < -0.3 is 16.4 Å². The van der Waals surface area contributed by atoms with Gasteiger partial charge in [0.25, 0.3) is 11.8 Å². The highest BCUT2D eigenvalue weighted by atomic mass is 35.5. The molecule has 2 aromatic carbocycles. The highest BCUT2D eigenvalue weighted by molar-refractivity contribution is 6.05. The van der Waals surface area contributed by atoms with Crippen molar-refractivity contribution in [3.8, 4) is 0 Å². The van der Waals surface area contributed by atoms with Crippen molar-refractivity contribution in [2.75, 3.05) is 11.9 Å². The average Bonchev–Trinajstić information content (AvgIpc) is 3.47. The van der Waals surface area contributed by atoms with Gasteiger partial charge in [0.05, 0.1) is 0 Å². The van der Waals surface area contributed by atoms with Gasteiger partial charge in [-0.15, -0.1) is 12.4 Å². The third-order valence-electron chi connectivity index (χ3n) is 4.55. The van der Waals surface area contributed by atoms with Crippen LogP contribution in [0.3, 0.4) is 0 Å². The largest absolute Gasteiger partial charge is 0.348 e. The number of nitrogens with one attached hydrogen (secondary N) is 2. The van der Waals surface area contributed by atoms with Crippen LogP contribution in [0.1, 0.15) is 39.1 Å². The zero-order valence-corrected chi connectivity index (χ0v) is 15.5. The number of benzene rings is 2. The fourth-order valence-corrected chi connectivity index (χ4v) is 2.80. The molecule has 2 amide bonds. The maximum atomic E-state index is 12.5. The summed E-state index contributed by atoms with van der Waals surface area (Å²) in [5.74, 6) is 0.147. The summed E-state index contributed by atoms with van der Waals surface area (Å²) in [4.78, 5) is 24.8. The molecule has 0 bridgehead atoms. The Hall–Kier alpha value is -2.37. The minimum Gasteiger partial charge on any atom is -0.348 e. The van der Waals surface area contributed by atoms with Crippen LogP contribution in [0.4, 0.5) is 5.69 Å². The highest BCUT2D eigenvalue weighted by Crippen LogP contribution is 2.32. The number of carbonyl (C=O) groups excluding carboxylic acids is 2. The number of nitrogens with two attached hydrogens (primary N) is 1. The van der Waals surface area contributed by atoms with Crippen LogP contribution in [0.25, 0.3) is 0 Å². The molecule has 138 valence electrons. The predicted molar refractivity (Wildman–Crippen MR) is 106 cm³/mol. The van der Waals surface area contributed by atoms with Crippen LogP contribution in [0.5, 0.6) is 0 Å². The lowest BCUT2D eigenvalue weighted by atomic mass is 10.1. The van der Waals surface area contributed by atoms with Crippen LogP contribution in [0.2, 0.25) is 0 Å². The van der Waals surface area contributed by atoms with Crippen molar-refractivity contribution in [2.45, 2.75) is 25.8 Å². The summed E-state index contributed by atoms with van der Waals surface area (Å²) in [6.07, 6.45) is 2.24. The van der Waals surface area contributed by atoms with Gasteiger partial charge in [-0.2, -0.15) is 0 Å². The summed E-state index contributed by atoms with van der Waals surface area (Å²) >= 11 is 0. The maximum Gasteiger partial charge on any atom is 0.255 e. The third-order valence-corrected chi connectivity index (χ3v) is 4.55. The molecular weight excluding hydrogens is 350 g/mol. The molecule has 1 aliphatic rings. The first-order valence-electron chi connectivity index (χ1n) is 8.56. The van der Waals surface area contributed by atoms with Crippen molar-refractivity contribution in [3.63, 3.8) is 0 Å². The zero-order chi connectivity index (χ0) is 17.8. The van der Waals surface area contributed by atoms with Gasteiger partial charge in [0.15, 0.2) is 0 Å². The fraction of sp³-hybridized carbons (Fsp3) is 0.300. The molecule has 1 saturated carbocycles. The van der Waals surface area contributed by atoms with Crippen molar-refractivity contribution >= 4 is 29.9 Å². The summed E-state index contributed by atoms with van der Waals surface area (Å²) in [5.41, 5.74) is 8.39. The van der Waals surface area contributed by atoms with E-state index in [1.807, 2.05) is 31.2 Å². The summed E-state index contributed by atoms with van der Waals surface area (Å²) in [6, 6.07) is 14.3. The van der Waals surface area contributed by atoms with E-state index in [0.717, 1.165) is 18.4 Å². The molecule has 2 aromatic rings. The molecule has 0 aromatic heterocycles. The molecular formula is C20H24ClN3O2. The molecule has 1 atom stereocenters. The number of amides is 2. The number of hydrogen-bond donors (Lipinski definition) is 3. The second kappa shape index (κ2) is 8.83. The summed E-state index contributed by atoms with van der Waals surface area (Å²) < 4.78 is 0. The Kier molecular flexibility index (Phi) is 6.77. The van der Waals surface area contributed by atoms with E-state index in [4.69, 9.17) is 5.73 Å². The molecule has 1 fully saturated rings. The van der Waals surface area contributed by atoms with Crippen molar-refractivity contribution in [1.82, 2.24) is 5.32 Å². The highest BCUT2D eigenvalue weighted by Gasteiger charge is 2.31. The van der Waals surface area contributed by atoms with Gasteiger partial charge in [0.2, 0.25) is 0 Å². The lowest BCUT2D eigenvalue weighted by molar-refractivity contribution is 0.0932. The molecule has 26 heavy (non-hydrogen) atoms. The summed E-state index contributed by atoms with van der Waals surface area (Å²) in [6.45, 7) is 2.34. The Morgan fingerprint density at radius 2 is 1.77 bits per heavy atom. The normalized spacial score (nSPS) is 14.1. The van der Waals surface area contributed by atoms with E-state index in [1.54, 1.807) is 24.3 Å². The van der Waals surface area contributed by atoms with Gasteiger partial charge in [-0.05, 0) is 55.5 Å². The van der Waals surface area contributed by atoms with Gasteiger partial charge >= 0.3 is 0 Å². The first-order chi connectivity index (χ1) is 12.1. The summed E-state index contributed by atoms with van der Waals surface area (Å²) in [7, 11) is 0. The number of hydrogen-bond acceptors (Lipinski definition) is 3. The van der Waals surface area contributed by atoms with E-state index in [1.165, 1.54) is 0 Å². The number of halogens is 1. The van der Waals surface area contributed by atoms with Crippen LogP contribution in [-0.4, -0.2) is 24.4 Å². The molecule has 1 unspecified atom stereocenters. The van der Waals surface area contributed by atoms with Gasteiger partial charge in [-0.25, -0.2) is 0 Å². The Morgan fingerprint density at radius 1 is 1.08 bits per heavy atom. The first-order valence-corrected chi connectivity index (χ1v) is 8.56. The molecule has 0 spiro atoms. The quantitative estimate of drug-likeness (QED) is 0.727. The molecule has 4 N–H and O–H groups in total. The van der Waals surface area contributed by atoms with Gasteiger partial charge in [0, 0.05) is 29.4 Å². The van der Waals surface area contributed by atoms with Crippen LogP contribution < -0.4 is 16.4 Å². The van der Waals surface area contributed by atoms with E-state index in [9.17, 15) is 9.59 Å². The van der Waals surface area contributed by atoms with Crippen LogP contribution in [0, 0.1) is 12.8 Å². The molecule has 0 aliphatic heterocycles. The van der Waals surface area contributed by atoms with Crippen molar-refractivity contribution in [1.29, 1.82) is 0 Å². The number of anilines is 1. The van der Waals surface area contributed by atoms with E-state index >= 15 is 0 Å². The van der Waals surface area contributed by atoms with E-state index < -0.39 is 0 Å². The minimum absolute atomic E-state index is 0. The van der Waals surface area contributed by atoms with Crippen LogP contribution >= 0.6 is 12.4 Å². The molecule has 5 nitrogen and oxygen atoms in total. The Morgan fingerprint density at radius 3 is 2.38 bits per heavy atom. The smallest absolute Gasteiger partial charge is 0.255 e. The lowest BCUT2D eigenvalue weighted by Gasteiger charge is -2.17. The summed E-state index contributed by atoms with van der Waals surface area (Å²) in [5, 5.41) is 5.88. The minimum atomic E-state index is -0.195. The SMILES string of the molecule is Cc1ccc(C(=O)NC(CN)C2CC2)cc1NC(=O)c1ccccc1.Cl. The topological polar surface area (TPSA) is 84.2 Å². The molecule has 3 rings (SSSR count). The number of aryl methyl sites for hydroxylation is 1. The van der Waals surface area contributed by atoms with Crippen molar-refractivity contribution < 1.29 is 9.59 Å². The molecule has 0 radical (unpaired) electrons. The molecule has 0 heterocycles. The second-order valence-corrected chi connectivity index (χ2v) is 6.50. The fourth-order valence-electron chi connectivity index (χ4n) is 2.80. The van der Waals surface area contributed by atoms with Crippen LogP contribution in [0.15, 0.2) is 48.5 Å². The zero-order valence-electron chi connectivity index (χ0n) is 14.7. The Balaban J connectivity index is 0.00000243. The number of rotatable bonds is 6. The third kappa shape index (κ3) is 4.84. The average molecular weight is 374 g/mol. The second-order valence-electron chi connectivity index (χ2n) is 6.50. The maximum absolute atomic E-state index is 12.5. The Bertz CT molecular complexity index is 776.